The molecule has 0 aromatic heterocycles. The second kappa shape index (κ2) is 3.33. The number of aldehydes is 1. The second-order valence-corrected chi connectivity index (χ2v) is 3.34. The van der Waals surface area contributed by atoms with Gasteiger partial charge >= 0.3 is 0 Å². The number of ether oxygens (including phenoxy) is 2. The van der Waals surface area contributed by atoms with Crippen molar-refractivity contribution in [3.63, 3.8) is 0 Å². The summed E-state index contributed by atoms with van der Waals surface area (Å²) in [5.41, 5.74) is 2.63. The van der Waals surface area contributed by atoms with Crippen LogP contribution in [0.15, 0.2) is 6.07 Å². The van der Waals surface area contributed by atoms with Crippen molar-refractivity contribution in [2.45, 2.75) is 13.3 Å². The highest BCUT2D eigenvalue weighted by molar-refractivity contribution is 5.82. The van der Waals surface area contributed by atoms with Gasteiger partial charge in [0.25, 0.3) is 0 Å². The smallest absolute Gasteiger partial charge is 0.153 e. The summed E-state index contributed by atoms with van der Waals surface area (Å²) in [4.78, 5) is 10.8. The first kappa shape index (κ1) is 9.06. The summed E-state index contributed by atoms with van der Waals surface area (Å²) in [6.45, 7) is 2.62. The van der Waals surface area contributed by atoms with Gasteiger partial charge in [-0.05, 0) is 18.6 Å². The average molecular weight is 192 g/mol. The number of carbonyl (C=O) groups is 1. The second-order valence-electron chi connectivity index (χ2n) is 3.34. The molecule has 1 aliphatic heterocycles. The van der Waals surface area contributed by atoms with Gasteiger partial charge in [0.15, 0.2) is 6.29 Å². The van der Waals surface area contributed by atoms with Crippen molar-refractivity contribution in [3.8, 4) is 11.5 Å². The lowest BCUT2D eigenvalue weighted by molar-refractivity contribution is 0.112. The Morgan fingerprint density at radius 2 is 2.36 bits per heavy atom. The number of methoxy groups -OCH3 is 1. The van der Waals surface area contributed by atoms with Crippen molar-refractivity contribution in [3.05, 3.63) is 22.8 Å². The molecule has 0 unspecified atom stereocenters. The van der Waals surface area contributed by atoms with E-state index in [-0.39, 0.29) is 0 Å². The van der Waals surface area contributed by atoms with Crippen LogP contribution in [0, 0.1) is 6.92 Å². The number of aryl methyl sites for hydroxylation is 1. The van der Waals surface area contributed by atoms with Crippen molar-refractivity contribution < 1.29 is 14.3 Å². The largest absolute Gasteiger partial charge is 0.496 e. The van der Waals surface area contributed by atoms with Crippen molar-refractivity contribution in [1.82, 2.24) is 0 Å². The molecule has 0 N–H and O–H groups in total. The molecule has 0 fully saturated rings. The maximum atomic E-state index is 10.8. The van der Waals surface area contributed by atoms with Crippen molar-refractivity contribution in [2.24, 2.45) is 0 Å². The Kier molecular flexibility index (Phi) is 2.15. The predicted molar refractivity (Wildman–Crippen MR) is 52.3 cm³/mol. The van der Waals surface area contributed by atoms with Gasteiger partial charge in [0.05, 0.1) is 19.3 Å². The van der Waals surface area contributed by atoms with Gasteiger partial charge in [0.2, 0.25) is 0 Å². The molecule has 0 amide bonds. The summed E-state index contributed by atoms with van der Waals surface area (Å²) in [6, 6.07) is 1.80. The molecule has 3 heteroatoms. The summed E-state index contributed by atoms with van der Waals surface area (Å²) in [7, 11) is 1.58. The van der Waals surface area contributed by atoms with Crippen molar-refractivity contribution in [1.29, 1.82) is 0 Å². The van der Waals surface area contributed by atoms with E-state index in [1.165, 1.54) is 0 Å². The topological polar surface area (TPSA) is 35.5 Å². The Hall–Kier alpha value is -1.51. The Balaban J connectivity index is 2.67. The average Bonchev–Trinajstić information content (AvgIpc) is 2.66. The highest BCUT2D eigenvalue weighted by Gasteiger charge is 2.22. The zero-order valence-corrected chi connectivity index (χ0v) is 8.29. The van der Waals surface area contributed by atoms with Gasteiger partial charge in [0.1, 0.15) is 11.5 Å². The van der Waals surface area contributed by atoms with Gasteiger partial charge in [-0.3, -0.25) is 4.79 Å². The van der Waals surface area contributed by atoms with Crippen LogP contribution in [0.1, 0.15) is 21.5 Å². The molecule has 14 heavy (non-hydrogen) atoms. The van der Waals surface area contributed by atoms with E-state index >= 15 is 0 Å². The molecule has 0 radical (unpaired) electrons. The third-order valence-electron chi connectivity index (χ3n) is 2.47. The molecule has 3 nitrogen and oxygen atoms in total. The Bertz CT molecular complexity index is 383. The molecule has 0 saturated heterocycles. The number of carbonyl (C=O) groups excluding carboxylic acids is 1. The summed E-state index contributed by atoms with van der Waals surface area (Å²) >= 11 is 0. The molecular weight excluding hydrogens is 180 g/mol. The first-order valence-electron chi connectivity index (χ1n) is 4.56. The molecule has 2 rings (SSSR count). The third-order valence-corrected chi connectivity index (χ3v) is 2.47. The van der Waals surface area contributed by atoms with Crippen LogP contribution in [0.3, 0.4) is 0 Å². The van der Waals surface area contributed by atoms with E-state index in [1.807, 2.05) is 6.92 Å². The Labute approximate surface area is 82.6 Å². The van der Waals surface area contributed by atoms with E-state index in [0.717, 1.165) is 29.6 Å². The summed E-state index contributed by atoms with van der Waals surface area (Å²) in [5, 5.41) is 0. The van der Waals surface area contributed by atoms with Crippen LogP contribution in [-0.4, -0.2) is 20.0 Å². The lowest BCUT2D eigenvalue weighted by atomic mass is 10.0. The van der Waals surface area contributed by atoms with Gasteiger partial charge in [-0.1, -0.05) is 0 Å². The van der Waals surface area contributed by atoms with Gasteiger partial charge in [-0.25, -0.2) is 0 Å². The fourth-order valence-corrected chi connectivity index (χ4v) is 1.89. The zero-order valence-electron chi connectivity index (χ0n) is 8.29. The monoisotopic (exact) mass is 192 g/mol. The maximum Gasteiger partial charge on any atom is 0.153 e. The van der Waals surface area contributed by atoms with Gasteiger partial charge in [-0.2, -0.15) is 0 Å². The van der Waals surface area contributed by atoms with Crippen LogP contribution in [0.5, 0.6) is 11.5 Å². The molecule has 1 heterocycles. The molecule has 74 valence electrons. The number of rotatable bonds is 2. The van der Waals surface area contributed by atoms with E-state index in [2.05, 4.69) is 0 Å². The molecule has 0 spiro atoms. The fourth-order valence-electron chi connectivity index (χ4n) is 1.89. The quantitative estimate of drug-likeness (QED) is 0.670. The summed E-state index contributed by atoms with van der Waals surface area (Å²) < 4.78 is 10.7. The lowest BCUT2D eigenvalue weighted by Crippen LogP contribution is -1.96. The van der Waals surface area contributed by atoms with E-state index in [4.69, 9.17) is 9.47 Å². The normalized spacial score (nSPS) is 13.3. The van der Waals surface area contributed by atoms with Crippen LogP contribution in [0.4, 0.5) is 0 Å². The first-order chi connectivity index (χ1) is 6.77. The fraction of sp³-hybridized carbons (Fsp3) is 0.364. The molecule has 1 aromatic carbocycles. The predicted octanol–water partition coefficient (Wildman–Crippen LogP) is 1.75. The zero-order chi connectivity index (χ0) is 10.1. The van der Waals surface area contributed by atoms with Crippen LogP contribution < -0.4 is 9.47 Å². The third kappa shape index (κ3) is 1.16. The number of fused-ring (bicyclic) bond motifs is 1. The van der Waals surface area contributed by atoms with Crippen LogP contribution in [0.25, 0.3) is 0 Å². The Morgan fingerprint density at radius 3 is 3.00 bits per heavy atom. The minimum Gasteiger partial charge on any atom is -0.496 e. The van der Waals surface area contributed by atoms with Crippen LogP contribution >= 0.6 is 0 Å². The molecule has 0 bridgehead atoms. The molecule has 1 aliphatic rings. The molecule has 0 aliphatic carbocycles. The molecule has 1 aromatic rings. The van der Waals surface area contributed by atoms with E-state index in [9.17, 15) is 4.79 Å². The van der Waals surface area contributed by atoms with E-state index in [0.29, 0.717) is 17.9 Å². The van der Waals surface area contributed by atoms with Crippen molar-refractivity contribution >= 4 is 6.29 Å². The van der Waals surface area contributed by atoms with Gasteiger partial charge in [0, 0.05) is 12.0 Å². The van der Waals surface area contributed by atoms with Gasteiger partial charge in [-0.15, -0.1) is 0 Å². The Morgan fingerprint density at radius 1 is 1.57 bits per heavy atom. The van der Waals surface area contributed by atoms with E-state index in [1.54, 1.807) is 13.2 Å². The van der Waals surface area contributed by atoms with Crippen LogP contribution in [-0.2, 0) is 6.42 Å². The first-order valence-corrected chi connectivity index (χ1v) is 4.56. The SMILES string of the molecule is COc1c(C=O)cc(C)c2c1CCO2. The lowest BCUT2D eigenvalue weighted by Gasteiger charge is -2.10. The van der Waals surface area contributed by atoms with Crippen LogP contribution in [0.2, 0.25) is 0 Å². The summed E-state index contributed by atoms with van der Waals surface area (Å²) in [5.74, 6) is 1.55. The highest BCUT2D eigenvalue weighted by Crippen LogP contribution is 2.38. The number of benzene rings is 1. The van der Waals surface area contributed by atoms with E-state index < -0.39 is 0 Å². The number of hydrogen-bond donors (Lipinski definition) is 0. The van der Waals surface area contributed by atoms with Gasteiger partial charge < -0.3 is 9.47 Å². The van der Waals surface area contributed by atoms with Crippen molar-refractivity contribution in [2.75, 3.05) is 13.7 Å². The highest BCUT2D eigenvalue weighted by atomic mass is 16.5. The summed E-state index contributed by atoms with van der Waals surface area (Å²) in [6.07, 6.45) is 1.64. The standard InChI is InChI=1S/C11H12O3/c1-7-5-8(6-12)11(13-2)9-3-4-14-10(7)9/h5-6H,3-4H2,1-2H3. The molecule has 0 atom stereocenters. The molecule has 0 saturated carbocycles. The minimum absolute atomic E-state index is 0.606. The minimum atomic E-state index is 0.606. The maximum absolute atomic E-state index is 10.8. The number of hydrogen-bond acceptors (Lipinski definition) is 3. The molecular formula is C11H12O3.